The first-order valence-corrected chi connectivity index (χ1v) is 7.61. The number of ether oxygens (including phenoxy) is 1. The van der Waals surface area contributed by atoms with Gasteiger partial charge < -0.3 is 10.5 Å². The van der Waals surface area contributed by atoms with E-state index in [1.54, 1.807) is 25.4 Å². The van der Waals surface area contributed by atoms with Crippen LogP contribution in [0.3, 0.4) is 0 Å². The molecule has 3 aromatic rings. The van der Waals surface area contributed by atoms with Gasteiger partial charge in [0.15, 0.2) is 5.60 Å². The molecule has 1 aromatic heterocycles. The number of rotatable bonds is 5. The number of hydrogen-bond donors (Lipinski definition) is 1. The molecule has 0 bridgehead atoms. The zero-order valence-corrected chi connectivity index (χ0v) is 13.3. The van der Waals surface area contributed by atoms with Gasteiger partial charge in [-0.1, -0.05) is 48.5 Å². The highest BCUT2D eigenvalue weighted by Crippen LogP contribution is 2.38. The van der Waals surface area contributed by atoms with E-state index >= 15 is 0 Å². The largest absolute Gasteiger partial charge is 0.366 e. The Morgan fingerprint density at radius 1 is 0.917 bits per heavy atom. The quantitative estimate of drug-likeness (QED) is 0.786. The summed E-state index contributed by atoms with van der Waals surface area (Å²) in [5.41, 5.74) is 7.54. The third-order valence-corrected chi connectivity index (χ3v) is 4.09. The van der Waals surface area contributed by atoms with Crippen molar-refractivity contribution in [2.24, 2.45) is 5.73 Å². The summed E-state index contributed by atoms with van der Waals surface area (Å²) in [6, 6.07) is 22.7. The fourth-order valence-corrected chi connectivity index (χ4v) is 2.92. The third kappa shape index (κ3) is 2.68. The second kappa shape index (κ2) is 6.64. The molecule has 2 N–H and O–H groups in total. The summed E-state index contributed by atoms with van der Waals surface area (Å²) in [6.07, 6.45) is 1.74. The maximum absolute atomic E-state index is 11.4. The molecule has 0 aliphatic carbocycles. The van der Waals surface area contributed by atoms with E-state index in [4.69, 9.17) is 10.5 Å². The van der Waals surface area contributed by atoms with Crippen LogP contribution in [0.15, 0.2) is 79.0 Å². The molecule has 4 nitrogen and oxygen atoms in total. The van der Waals surface area contributed by atoms with Gasteiger partial charge in [-0.3, -0.25) is 9.78 Å². The fraction of sp³-hybridized carbons (Fsp3) is 0.100. The molecule has 0 aliphatic heterocycles. The van der Waals surface area contributed by atoms with Crippen LogP contribution in [-0.4, -0.2) is 18.0 Å². The number of benzene rings is 2. The highest BCUT2D eigenvalue weighted by Gasteiger charge is 2.37. The Kier molecular flexibility index (Phi) is 4.40. The first kappa shape index (κ1) is 15.9. The van der Waals surface area contributed by atoms with Crippen molar-refractivity contribution in [1.82, 2.24) is 4.98 Å². The number of hydrogen-bond acceptors (Lipinski definition) is 3. The lowest BCUT2D eigenvalue weighted by Crippen LogP contribution is -2.32. The van der Waals surface area contributed by atoms with Crippen molar-refractivity contribution >= 4 is 5.91 Å². The molecular formula is C20H18N2O2. The standard InChI is InChI=1S/C20H18N2O2/c1-24-20(16-7-3-2-4-8-16,18-9-5-6-14-22-18)17-12-10-15(11-13-17)19(21)23/h2-14H,1H3,(H2,21,23). The number of carbonyl (C=O) groups excluding carboxylic acids is 1. The monoisotopic (exact) mass is 318 g/mol. The summed E-state index contributed by atoms with van der Waals surface area (Å²) in [7, 11) is 1.66. The summed E-state index contributed by atoms with van der Waals surface area (Å²) in [5.74, 6) is -0.456. The first-order chi connectivity index (χ1) is 11.7. The Hall–Kier alpha value is -2.98. The zero-order valence-electron chi connectivity index (χ0n) is 13.3. The van der Waals surface area contributed by atoms with Gasteiger partial charge in [-0.15, -0.1) is 0 Å². The van der Waals surface area contributed by atoms with Crippen LogP contribution < -0.4 is 5.73 Å². The Bertz CT molecular complexity index is 776. The number of nitrogens with zero attached hydrogens (tertiary/aromatic N) is 1. The molecule has 1 atom stereocenters. The van der Waals surface area contributed by atoms with Gasteiger partial charge in [0.05, 0.1) is 5.69 Å². The maximum Gasteiger partial charge on any atom is 0.248 e. The van der Waals surface area contributed by atoms with Crippen molar-refractivity contribution in [3.8, 4) is 0 Å². The van der Waals surface area contributed by atoms with Crippen LogP contribution in [0.5, 0.6) is 0 Å². The number of carbonyl (C=O) groups is 1. The van der Waals surface area contributed by atoms with Crippen molar-refractivity contribution in [2.45, 2.75) is 5.60 Å². The molecule has 4 heteroatoms. The summed E-state index contributed by atoms with van der Waals surface area (Å²) in [6.45, 7) is 0. The van der Waals surface area contributed by atoms with Crippen molar-refractivity contribution in [3.63, 3.8) is 0 Å². The Labute approximate surface area is 140 Å². The Morgan fingerprint density at radius 2 is 1.54 bits per heavy atom. The van der Waals surface area contributed by atoms with Gasteiger partial charge in [0.25, 0.3) is 0 Å². The average Bonchev–Trinajstić information content (AvgIpc) is 2.65. The lowest BCUT2D eigenvalue weighted by molar-refractivity contribution is 0.0548. The van der Waals surface area contributed by atoms with Crippen LogP contribution in [0.2, 0.25) is 0 Å². The summed E-state index contributed by atoms with van der Waals surface area (Å²) in [5, 5.41) is 0. The zero-order chi connectivity index (χ0) is 17.0. The van der Waals surface area contributed by atoms with Gasteiger partial charge in [-0.05, 0) is 35.4 Å². The summed E-state index contributed by atoms with van der Waals surface area (Å²) < 4.78 is 6.02. The Morgan fingerprint density at radius 3 is 2.08 bits per heavy atom. The third-order valence-electron chi connectivity index (χ3n) is 4.09. The van der Waals surface area contributed by atoms with Crippen LogP contribution in [0, 0.1) is 0 Å². The minimum absolute atomic E-state index is 0.456. The minimum Gasteiger partial charge on any atom is -0.366 e. The molecule has 0 fully saturated rings. The lowest BCUT2D eigenvalue weighted by atomic mass is 9.82. The lowest BCUT2D eigenvalue weighted by Gasteiger charge is -2.33. The van der Waals surface area contributed by atoms with Crippen LogP contribution in [0.1, 0.15) is 27.2 Å². The van der Waals surface area contributed by atoms with E-state index in [0.29, 0.717) is 5.56 Å². The number of aromatic nitrogens is 1. The highest BCUT2D eigenvalue weighted by atomic mass is 16.5. The molecule has 0 spiro atoms. The molecule has 1 amide bonds. The molecule has 1 heterocycles. The molecule has 0 saturated heterocycles. The van der Waals surface area contributed by atoms with E-state index in [2.05, 4.69) is 4.98 Å². The maximum atomic E-state index is 11.4. The van der Waals surface area contributed by atoms with Crippen molar-refractivity contribution < 1.29 is 9.53 Å². The Balaban J connectivity index is 2.24. The molecular weight excluding hydrogens is 300 g/mol. The summed E-state index contributed by atoms with van der Waals surface area (Å²) >= 11 is 0. The molecule has 3 rings (SSSR count). The van der Waals surface area contributed by atoms with Gasteiger partial charge in [0.1, 0.15) is 0 Å². The highest BCUT2D eigenvalue weighted by molar-refractivity contribution is 5.92. The average molecular weight is 318 g/mol. The van der Waals surface area contributed by atoms with Gasteiger partial charge in [0, 0.05) is 18.9 Å². The predicted octanol–water partition coefficient (Wildman–Crippen LogP) is 3.12. The van der Waals surface area contributed by atoms with E-state index in [1.165, 1.54) is 0 Å². The predicted molar refractivity (Wildman–Crippen MR) is 92.5 cm³/mol. The second-order valence-corrected chi connectivity index (χ2v) is 5.41. The van der Waals surface area contributed by atoms with Gasteiger partial charge in [-0.25, -0.2) is 0 Å². The second-order valence-electron chi connectivity index (χ2n) is 5.41. The van der Waals surface area contributed by atoms with Crippen molar-refractivity contribution in [2.75, 3.05) is 7.11 Å². The van der Waals surface area contributed by atoms with E-state index < -0.39 is 11.5 Å². The van der Waals surface area contributed by atoms with Crippen LogP contribution >= 0.6 is 0 Å². The molecule has 24 heavy (non-hydrogen) atoms. The molecule has 1 unspecified atom stereocenters. The number of pyridine rings is 1. The first-order valence-electron chi connectivity index (χ1n) is 7.61. The van der Waals surface area contributed by atoms with Crippen molar-refractivity contribution in [1.29, 1.82) is 0 Å². The molecule has 0 saturated carbocycles. The molecule has 0 radical (unpaired) electrons. The number of amides is 1. The van der Waals surface area contributed by atoms with Gasteiger partial charge in [-0.2, -0.15) is 0 Å². The molecule has 0 aliphatic rings. The number of nitrogens with two attached hydrogens (primary N) is 1. The molecule has 120 valence electrons. The minimum atomic E-state index is -0.862. The summed E-state index contributed by atoms with van der Waals surface area (Å²) in [4.78, 5) is 15.9. The van der Waals surface area contributed by atoms with Crippen LogP contribution in [0.25, 0.3) is 0 Å². The van der Waals surface area contributed by atoms with E-state index in [0.717, 1.165) is 16.8 Å². The number of primary amides is 1. The fourth-order valence-electron chi connectivity index (χ4n) is 2.92. The van der Waals surface area contributed by atoms with E-state index in [1.807, 2.05) is 60.7 Å². The SMILES string of the molecule is COC(c1ccccc1)(c1ccc(C(N)=O)cc1)c1ccccn1. The van der Waals surface area contributed by atoms with Crippen molar-refractivity contribution in [3.05, 3.63) is 101 Å². The van der Waals surface area contributed by atoms with Gasteiger partial charge >= 0.3 is 0 Å². The van der Waals surface area contributed by atoms with Crippen LogP contribution in [-0.2, 0) is 10.3 Å². The smallest absolute Gasteiger partial charge is 0.248 e. The topological polar surface area (TPSA) is 65.2 Å². The van der Waals surface area contributed by atoms with Gasteiger partial charge in [0.2, 0.25) is 5.91 Å². The molecule has 2 aromatic carbocycles. The normalized spacial score (nSPS) is 13.2. The number of methoxy groups -OCH3 is 1. The van der Waals surface area contributed by atoms with Crippen LogP contribution in [0.4, 0.5) is 0 Å². The van der Waals surface area contributed by atoms with E-state index in [9.17, 15) is 4.79 Å². The van der Waals surface area contributed by atoms with E-state index in [-0.39, 0.29) is 0 Å².